The molecular weight excluding hydrogens is 560 g/mol. The number of aliphatic hydroxyl groups is 1. The molecule has 7 nitrogen and oxygen atoms in total. The molecule has 3 fully saturated rings. The highest BCUT2D eigenvalue weighted by Gasteiger charge is 2.49. The second-order valence-electron chi connectivity index (χ2n) is 13.8. The first kappa shape index (κ1) is 34.2. The zero-order valence-electron chi connectivity index (χ0n) is 26.9. The first-order valence-corrected chi connectivity index (χ1v) is 19.2. The molecule has 1 N–H and O–H groups in total. The maximum atomic E-state index is 10.7. The lowest BCUT2D eigenvalue weighted by molar-refractivity contribution is -0.193. The van der Waals surface area contributed by atoms with Crippen molar-refractivity contribution < 1.29 is 33.2 Å². The molecule has 2 heterocycles. The Hall–Kier alpha value is -1.70. The van der Waals surface area contributed by atoms with E-state index < -0.39 is 14.4 Å². The van der Waals surface area contributed by atoms with Crippen LogP contribution in [0.1, 0.15) is 72.1 Å². The highest BCUT2D eigenvalue weighted by atomic mass is 28.4. The van der Waals surface area contributed by atoms with Crippen molar-refractivity contribution in [2.24, 2.45) is 11.8 Å². The molecule has 2 aliphatic heterocycles. The Kier molecular flexibility index (Phi) is 12.7. The van der Waals surface area contributed by atoms with Gasteiger partial charge in [0.2, 0.25) is 0 Å². The average Bonchev–Trinajstić information content (AvgIpc) is 3.29. The van der Waals surface area contributed by atoms with Gasteiger partial charge in [0.1, 0.15) is 24.6 Å². The van der Waals surface area contributed by atoms with Gasteiger partial charge in [-0.2, -0.15) is 0 Å². The molecule has 1 saturated carbocycles. The zero-order valence-corrected chi connectivity index (χ0v) is 27.9. The lowest BCUT2D eigenvalue weighted by Crippen LogP contribution is -2.45. The number of terminal acetylenes is 1. The van der Waals surface area contributed by atoms with Crippen LogP contribution in [0, 0.1) is 24.2 Å². The predicted molar refractivity (Wildman–Crippen MR) is 171 cm³/mol. The number of hydrogen-bond donors (Lipinski definition) is 1. The smallest absolute Gasteiger partial charge is 0.192 e. The summed E-state index contributed by atoms with van der Waals surface area (Å²) in [6, 6.07) is 9.79. The van der Waals surface area contributed by atoms with Crippen molar-refractivity contribution >= 4 is 8.32 Å². The molecule has 0 amide bonds. The quantitative estimate of drug-likeness (QED) is 0.148. The molecule has 7 unspecified atom stereocenters. The number of para-hydroxylation sites is 1. The Bertz CT molecular complexity index is 1020. The molecule has 4 rings (SSSR count). The molecule has 0 bridgehead atoms. The van der Waals surface area contributed by atoms with Crippen molar-refractivity contribution in [2.45, 2.75) is 127 Å². The third-order valence-corrected chi connectivity index (χ3v) is 13.9. The average molecular weight is 615 g/mol. The van der Waals surface area contributed by atoms with E-state index in [1.54, 1.807) is 0 Å². The van der Waals surface area contributed by atoms with Crippen molar-refractivity contribution in [1.29, 1.82) is 0 Å². The fourth-order valence-electron chi connectivity index (χ4n) is 5.94. The van der Waals surface area contributed by atoms with Crippen molar-refractivity contribution in [3.63, 3.8) is 0 Å². The Labute approximate surface area is 260 Å². The summed E-state index contributed by atoms with van der Waals surface area (Å²) in [4.78, 5) is 0. The number of aliphatic hydroxyl groups excluding tert-OH is 1. The van der Waals surface area contributed by atoms with E-state index in [2.05, 4.69) is 51.9 Å². The standard InChI is InChI=1S/C35H54O7Si/c1-7-26(36)23-30-29(20-19-28(40-33-17-11-13-21-37-33)25-39-27-15-9-8-10-16-27)31(41-34-18-12-14-22-38-34)24-32(30)42-43(5,6)35(2,3)4/h1,8-10,15-16,19-20,26,28-34,36H,11-14,17-18,21-25H2,2-6H3/t26-,28?,29?,30?,31?,32?,33?,34?/m0/s1. The molecule has 0 spiro atoms. The summed E-state index contributed by atoms with van der Waals surface area (Å²) in [5.41, 5.74) is 0. The van der Waals surface area contributed by atoms with Gasteiger partial charge < -0.3 is 33.2 Å². The van der Waals surface area contributed by atoms with Crippen LogP contribution in [0.25, 0.3) is 0 Å². The molecule has 1 aromatic rings. The molecule has 3 aliphatic rings. The first-order valence-electron chi connectivity index (χ1n) is 16.3. The van der Waals surface area contributed by atoms with Crippen LogP contribution in [0.3, 0.4) is 0 Å². The van der Waals surface area contributed by atoms with Gasteiger partial charge in [-0.1, -0.05) is 57.0 Å². The van der Waals surface area contributed by atoms with Crippen molar-refractivity contribution in [3.8, 4) is 18.1 Å². The van der Waals surface area contributed by atoms with E-state index in [1.807, 2.05) is 30.3 Å². The molecule has 0 aromatic heterocycles. The fourth-order valence-corrected chi connectivity index (χ4v) is 7.32. The van der Waals surface area contributed by atoms with Crippen LogP contribution < -0.4 is 4.74 Å². The summed E-state index contributed by atoms with van der Waals surface area (Å²) < 4.78 is 38.2. The van der Waals surface area contributed by atoms with Gasteiger partial charge in [-0.05, 0) is 87.5 Å². The number of ether oxygens (including phenoxy) is 5. The van der Waals surface area contributed by atoms with E-state index in [9.17, 15) is 5.11 Å². The van der Waals surface area contributed by atoms with Crippen LogP contribution in [-0.2, 0) is 23.4 Å². The highest BCUT2D eigenvalue weighted by Crippen LogP contribution is 2.46. The second-order valence-corrected chi connectivity index (χ2v) is 18.5. The maximum absolute atomic E-state index is 10.7. The minimum Gasteiger partial charge on any atom is -0.491 e. The van der Waals surface area contributed by atoms with Gasteiger partial charge in [-0.25, -0.2) is 0 Å². The summed E-state index contributed by atoms with van der Waals surface area (Å²) in [5.74, 6) is 3.27. The number of benzene rings is 1. The van der Waals surface area contributed by atoms with Crippen molar-refractivity contribution in [2.75, 3.05) is 19.8 Å². The maximum Gasteiger partial charge on any atom is 0.192 e. The third kappa shape index (κ3) is 10.2. The Balaban J connectivity index is 1.60. The fraction of sp³-hybridized carbons (Fsp3) is 0.714. The van der Waals surface area contributed by atoms with E-state index in [4.69, 9.17) is 34.5 Å². The normalized spacial score (nSPS) is 30.2. The summed E-state index contributed by atoms with van der Waals surface area (Å²) in [5, 5.41) is 10.7. The number of rotatable bonds is 13. The molecule has 8 heteroatoms. The molecule has 240 valence electrons. The van der Waals surface area contributed by atoms with Crippen LogP contribution in [0.5, 0.6) is 5.75 Å². The second kappa shape index (κ2) is 16.0. The molecule has 1 aromatic carbocycles. The van der Waals surface area contributed by atoms with Gasteiger partial charge in [-0.3, -0.25) is 0 Å². The summed E-state index contributed by atoms with van der Waals surface area (Å²) in [7, 11) is -2.11. The molecule has 1 aliphatic carbocycles. The van der Waals surface area contributed by atoms with Crippen LogP contribution in [0.2, 0.25) is 18.1 Å². The van der Waals surface area contributed by atoms with Crippen LogP contribution in [0.4, 0.5) is 0 Å². The summed E-state index contributed by atoms with van der Waals surface area (Å²) in [6.45, 7) is 13.1. The molecule has 0 radical (unpaired) electrons. The van der Waals surface area contributed by atoms with E-state index in [1.165, 1.54) is 0 Å². The van der Waals surface area contributed by atoms with Crippen molar-refractivity contribution in [1.82, 2.24) is 0 Å². The van der Waals surface area contributed by atoms with E-state index in [0.29, 0.717) is 19.6 Å². The molecular formula is C35H54O7Si. The topological polar surface area (TPSA) is 75.6 Å². The predicted octanol–water partition coefficient (Wildman–Crippen LogP) is 6.86. The third-order valence-electron chi connectivity index (χ3n) is 9.44. The van der Waals surface area contributed by atoms with Crippen LogP contribution in [-0.4, -0.2) is 70.2 Å². The largest absolute Gasteiger partial charge is 0.491 e. The lowest BCUT2D eigenvalue weighted by atomic mass is 9.88. The summed E-state index contributed by atoms with van der Waals surface area (Å²) in [6.07, 6.45) is 15.3. The van der Waals surface area contributed by atoms with Crippen LogP contribution >= 0.6 is 0 Å². The molecule has 2 saturated heterocycles. The first-order chi connectivity index (χ1) is 20.6. The van der Waals surface area contributed by atoms with Gasteiger partial charge in [0, 0.05) is 19.1 Å². The van der Waals surface area contributed by atoms with Crippen LogP contribution in [0.15, 0.2) is 42.5 Å². The summed E-state index contributed by atoms with van der Waals surface area (Å²) >= 11 is 0. The van der Waals surface area contributed by atoms with Gasteiger partial charge in [0.05, 0.1) is 12.2 Å². The SMILES string of the molecule is C#C[C@H](O)CC1C(O[Si](C)(C)C(C)(C)C)CC(OC2CCCCO2)C1C=CC(COc1ccccc1)OC1CCCCO1. The highest BCUT2D eigenvalue weighted by molar-refractivity contribution is 6.74. The Morgan fingerprint density at radius 3 is 2.30 bits per heavy atom. The monoisotopic (exact) mass is 614 g/mol. The minimum atomic E-state index is -2.11. The van der Waals surface area contributed by atoms with Gasteiger partial charge >= 0.3 is 0 Å². The minimum absolute atomic E-state index is 0.0216. The Morgan fingerprint density at radius 1 is 1.02 bits per heavy atom. The Morgan fingerprint density at radius 2 is 1.70 bits per heavy atom. The van der Waals surface area contributed by atoms with E-state index in [0.717, 1.165) is 57.3 Å². The van der Waals surface area contributed by atoms with Gasteiger partial charge in [0.15, 0.2) is 20.9 Å². The number of hydrogen-bond acceptors (Lipinski definition) is 7. The van der Waals surface area contributed by atoms with Gasteiger partial charge in [0.25, 0.3) is 0 Å². The molecule has 8 atom stereocenters. The van der Waals surface area contributed by atoms with E-state index in [-0.39, 0.29) is 47.8 Å². The molecule has 43 heavy (non-hydrogen) atoms. The zero-order chi connectivity index (χ0) is 30.9. The lowest BCUT2D eigenvalue weighted by Gasteiger charge is -2.40. The van der Waals surface area contributed by atoms with Crippen molar-refractivity contribution in [3.05, 3.63) is 42.5 Å². The van der Waals surface area contributed by atoms with Gasteiger partial charge in [-0.15, -0.1) is 6.42 Å². The van der Waals surface area contributed by atoms with E-state index >= 15 is 0 Å².